The number of carbonyl (C=O) groups excluding carboxylic acids is 2. The zero-order valence-corrected chi connectivity index (χ0v) is 12.6. The number of hydrogen-bond donors (Lipinski definition) is 3. The summed E-state index contributed by atoms with van der Waals surface area (Å²) >= 11 is 0. The maximum Gasteiger partial charge on any atom is 0.326 e. The first-order valence-corrected chi connectivity index (χ1v) is 7.33. The van der Waals surface area contributed by atoms with Crippen molar-refractivity contribution in [3.8, 4) is 0 Å². The smallest absolute Gasteiger partial charge is 0.326 e. The lowest BCUT2D eigenvalue weighted by Gasteiger charge is -2.18. The second kappa shape index (κ2) is 6.60. The van der Waals surface area contributed by atoms with Crippen LogP contribution >= 0.6 is 0 Å². The number of nitrogens with one attached hydrogen (secondary N) is 2. The fraction of sp³-hybridized carbons (Fsp3) is 0.438. The van der Waals surface area contributed by atoms with Crippen LogP contribution in [0, 0.1) is 11.8 Å². The summed E-state index contributed by atoms with van der Waals surface area (Å²) in [7, 11) is 0. The second-order valence-corrected chi connectivity index (χ2v) is 5.87. The molecule has 0 bridgehead atoms. The van der Waals surface area contributed by atoms with E-state index in [1.807, 2.05) is 0 Å². The molecular formula is C16H20N2O4. The summed E-state index contributed by atoms with van der Waals surface area (Å²) in [4.78, 5) is 34.8. The molecule has 0 spiro atoms. The van der Waals surface area contributed by atoms with Gasteiger partial charge in [-0.15, -0.1) is 0 Å². The van der Waals surface area contributed by atoms with Crippen molar-refractivity contribution < 1.29 is 19.5 Å². The van der Waals surface area contributed by atoms with Gasteiger partial charge in [-0.25, -0.2) is 4.79 Å². The molecule has 0 heterocycles. The summed E-state index contributed by atoms with van der Waals surface area (Å²) in [5, 5.41) is 14.4. The monoisotopic (exact) mass is 304 g/mol. The van der Waals surface area contributed by atoms with Crippen LogP contribution in [0.3, 0.4) is 0 Å². The molecule has 0 aromatic heterocycles. The Labute approximate surface area is 128 Å². The molecule has 0 unspecified atom stereocenters. The van der Waals surface area contributed by atoms with Crippen molar-refractivity contribution in [3.63, 3.8) is 0 Å². The third-order valence-corrected chi connectivity index (χ3v) is 3.58. The normalized spacial score (nSPS) is 15.2. The van der Waals surface area contributed by atoms with Crippen molar-refractivity contribution >= 4 is 23.5 Å². The van der Waals surface area contributed by atoms with Crippen LogP contribution in [0.15, 0.2) is 24.3 Å². The minimum absolute atomic E-state index is 0.00273. The molecule has 6 nitrogen and oxygen atoms in total. The Kier molecular flexibility index (Phi) is 4.80. The Morgan fingerprint density at radius 1 is 1.14 bits per heavy atom. The van der Waals surface area contributed by atoms with Crippen LogP contribution in [0.1, 0.15) is 37.0 Å². The van der Waals surface area contributed by atoms with Gasteiger partial charge in [0.2, 0.25) is 5.91 Å². The van der Waals surface area contributed by atoms with Gasteiger partial charge < -0.3 is 15.7 Å². The number of rotatable bonds is 6. The average Bonchev–Trinajstić information content (AvgIpc) is 3.29. The van der Waals surface area contributed by atoms with E-state index in [9.17, 15) is 14.4 Å². The van der Waals surface area contributed by atoms with Crippen LogP contribution in [-0.4, -0.2) is 28.9 Å². The largest absolute Gasteiger partial charge is 0.480 e. The van der Waals surface area contributed by atoms with Gasteiger partial charge in [0, 0.05) is 17.2 Å². The van der Waals surface area contributed by atoms with Gasteiger partial charge in [-0.2, -0.15) is 0 Å². The van der Waals surface area contributed by atoms with E-state index in [2.05, 4.69) is 10.6 Å². The number of benzene rings is 1. The predicted octanol–water partition coefficient (Wildman–Crippen LogP) is 1.87. The molecule has 2 rings (SSSR count). The lowest BCUT2D eigenvalue weighted by molar-refractivity contribution is -0.140. The molecule has 1 saturated carbocycles. The number of aliphatic carboxylic acids is 1. The first-order valence-electron chi connectivity index (χ1n) is 7.33. The molecule has 1 fully saturated rings. The van der Waals surface area contributed by atoms with Crippen LogP contribution in [-0.2, 0) is 9.59 Å². The molecule has 1 aliphatic carbocycles. The van der Waals surface area contributed by atoms with Crippen molar-refractivity contribution in [2.24, 2.45) is 11.8 Å². The second-order valence-electron chi connectivity index (χ2n) is 5.87. The minimum Gasteiger partial charge on any atom is -0.480 e. The van der Waals surface area contributed by atoms with Gasteiger partial charge in [-0.1, -0.05) is 13.8 Å². The predicted molar refractivity (Wildman–Crippen MR) is 81.5 cm³/mol. The highest BCUT2D eigenvalue weighted by Gasteiger charge is 2.29. The number of amides is 2. The van der Waals surface area contributed by atoms with Crippen LogP contribution in [0.25, 0.3) is 0 Å². The summed E-state index contributed by atoms with van der Waals surface area (Å²) in [6.07, 6.45) is 1.86. The first kappa shape index (κ1) is 16.0. The molecule has 0 saturated heterocycles. The zero-order chi connectivity index (χ0) is 16.3. The van der Waals surface area contributed by atoms with Crippen molar-refractivity contribution in [2.45, 2.75) is 32.7 Å². The van der Waals surface area contributed by atoms with Crippen LogP contribution in [0.2, 0.25) is 0 Å². The third kappa shape index (κ3) is 4.07. The Balaban J connectivity index is 1.98. The molecule has 1 aromatic carbocycles. The van der Waals surface area contributed by atoms with Crippen LogP contribution in [0.5, 0.6) is 0 Å². The lowest BCUT2D eigenvalue weighted by atomic mass is 10.0. The number of carboxylic acids is 1. The molecule has 22 heavy (non-hydrogen) atoms. The summed E-state index contributed by atoms with van der Waals surface area (Å²) in [5.74, 6) is -1.59. The van der Waals surface area contributed by atoms with E-state index in [1.165, 1.54) is 0 Å². The van der Waals surface area contributed by atoms with Crippen molar-refractivity contribution in [2.75, 3.05) is 5.32 Å². The minimum atomic E-state index is -1.06. The number of hydrogen-bond acceptors (Lipinski definition) is 3. The standard InChI is InChI=1S/C16H20N2O4/c1-9(2)13(16(21)22)18-15(20)11-5-7-12(8-6-11)17-14(19)10-3-4-10/h5-10,13H,3-4H2,1-2H3,(H,17,19)(H,18,20)(H,21,22)/t13-/m0/s1. The van der Waals surface area contributed by atoms with E-state index in [-0.39, 0.29) is 17.7 Å². The summed E-state index contributed by atoms with van der Waals surface area (Å²) in [5.41, 5.74) is 0.989. The molecule has 118 valence electrons. The number of carboxylic acid groups (broad SMARTS) is 1. The first-order chi connectivity index (χ1) is 10.4. The van der Waals surface area contributed by atoms with E-state index in [0.29, 0.717) is 11.3 Å². The van der Waals surface area contributed by atoms with Gasteiger partial charge in [0.15, 0.2) is 0 Å². The average molecular weight is 304 g/mol. The van der Waals surface area contributed by atoms with Gasteiger partial charge in [0.1, 0.15) is 6.04 Å². The van der Waals surface area contributed by atoms with E-state index >= 15 is 0 Å². The number of carbonyl (C=O) groups is 3. The fourth-order valence-electron chi connectivity index (χ4n) is 2.03. The maximum atomic E-state index is 12.1. The Bertz CT molecular complexity index is 576. The van der Waals surface area contributed by atoms with Crippen molar-refractivity contribution in [1.82, 2.24) is 5.32 Å². The van der Waals surface area contributed by atoms with E-state index in [0.717, 1.165) is 12.8 Å². The van der Waals surface area contributed by atoms with Crippen molar-refractivity contribution in [1.29, 1.82) is 0 Å². The summed E-state index contributed by atoms with van der Waals surface area (Å²) in [6, 6.07) is 5.48. The molecule has 1 aliphatic rings. The third-order valence-electron chi connectivity index (χ3n) is 3.58. The molecular weight excluding hydrogens is 284 g/mol. The van der Waals surface area contributed by atoms with Gasteiger partial charge >= 0.3 is 5.97 Å². The molecule has 0 radical (unpaired) electrons. The number of anilines is 1. The molecule has 6 heteroatoms. The van der Waals surface area contributed by atoms with E-state index < -0.39 is 17.9 Å². The highest BCUT2D eigenvalue weighted by molar-refractivity contribution is 5.98. The van der Waals surface area contributed by atoms with E-state index in [1.54, 1.807) is 38.1 Å². The highest BCUT2D eigenvalue weighted by atomic mass is 16.4. The molecule has 3 N–H and O–H groups in total. The van der Waals surface area contributed by atoms with Crippen LogP contribution in [0.4, 0.5) is 5.69 Å². The molecule has 1 aromatic rings. The highest BCUT2D eigenvalue weighted by Crippen LogP contribution is 2.30. The van der Waals surface area contributed by atoms with Gasteiger partial charge in [-0.3, -0.25) is 9.59 Å². The summed E-state index contributed by atoms with van der Waals surface area (Å²) in [6.45, 7) is 3.46. The topological polar surface area (TPSA) is 95.5 Å². The molecule has 0 aliphatic heterocycles. The maximum absolute atomic E-state index is 12.1. The Morgan fingerprint density at radius 2 is 1.73 bits per heavy atom. The van der Waals surface area contributed by atoms with E-state index in [4.69, 9.17) is 5.11 Å². The SMILES string of the molecule is CC(C)[C@H](NC(=O)c1ccc(NC(=O)C2CC2)cc1)C(=O)O. The molecule has 1 atom stereocenters. The van der Waals surface area contributed by atoms with Gasteiger partial charge in [0.25, 0.3) is 5.91 Å². The van der Waals surface area contributed by atoms with Crippen molar-refractivity contribution in [3.05, 3.63) is 29.8 Å². The van der Waals surface area contributed by atoms with Crippen LogP contribution < -0.4 is 10.6 Å². The zero-order valence-electron chi connectivity index (χ0n) is 12.6. The fourth-order valence-corrected chi connectivity index (χ4v) is 2.03. The quantitative estimate of drug-likeness (QED) is 0.747. The Morgan fingerprint density at radius 3 is 2.18 bits per heavy atom. The van der Waals surface area contributed by atoms with Gasteiger partial charge in [0.05, 0.1) is 0 Å². The van der Waals surface area contributed by atoms with Gasteiger partial charge in [-0.05, 0) is 43.0 Å². The Hall–Kier alpha value is -2.37. The molecule has 2 amide bonds. The summed E-state index contributed by atoms with van der Waals surface area (Å²) < 4.78 is 0. The lowest BCUT2D eigenvalue weighted by Crippen LogP contribution is -2.44.